The van der Waals surface area contributed by atoms with Gasteiger partial charge in [0.2, 0.25) is 0 Å². The molecule has 65 valence electrons. The molecule has 0 aliphatic carbocycles. The number of hydrogen-bond acceptors (Lipinski definition) is 2. The summed E-state index contributed by atoms with van der Waals surface area (Å²) in [7, 11) is 0. The maximum atomic E-state index is 11.8. The van der Waals surface area contributed by atoms with Gasteiger partial charge >= 0.3 is 12.2 Å². The van der Waals surface area contributed by atoms with Gasteiger partial charge in [0.1, 0.15) is 11.8 Å². The van der Waals surface area contributed by atoms with Crippen molar-refractivity contribution in [3.8, 4) is 0 Å². The molecule has 1 heterocycles. The lowest BCUT2D eigenvalue weighted by atomic mass is 10.4. The monoisotopic (exact) mass is 178 g/mol. The Hall–Kier alpha value is -1.53. The molecule has 0 unspecified atom stereocenters. The Labute approximate surface area is 64.8 Å². The van der Waals surface area contributed by atoms with Crippen LogP contribution in [-0.2, 0) is 6.18 Å². The topological polar surface area (TPSA) is 60.9 Å². The van der Waals surface area contributed by atoms with E-state index in [0.717, 1.165) is 0 Å². The fourth-order valence-corrected chi connectivity index (χ4v) is 0.537. The van der Waals surface area contributed by atoms with E-state index in [2.05, 4.69) is 10.8 Å². The van der Waals surface area contributed by atoms with Gasteiger partial charge in [-0.15, -0.1) is 0 Å². The fourth-order valence-electron chi connectivity index (χ4n) is 0.537. The summed E-state index contributed by atoms with van der Waals surface area (Å²) >= 11 is 0. The first kappa shape index (κ1) is 8.57. The molecule has 7 heteroatoms. The number of amides is 1. The SMILES string of the molecule is NC(=O)n1cc(C(F)(F)F)[c]n1. The Morgan fingerprint density at radius 2 is 2.25 bits per heavy atom. The van der Waals surface area contributed by atoms with Crippen molar-refractivity contribution in [2.75, 3.05) is 0 Å². The first-order chi connectivity index (χ1) is 5.41. The highest BCUT2D eigenvalue weighted by atomic mass is 19.4. The van der Waals surface area contributed by atoms with E-state index >= 15 is 0 Å². The Bertz CT molecular complexity index is 303. The zero-order chi connectivity index (χ0) is 9.35. The molecular weight excluding hydrogens is 175 g/mol. The van der Waals surface area contributed by atoms with Crippen molar-refractivity contribution >= 4 is 6.03 Å². The molecule has 1 aromatic rings. The van der Waals surface area contributed by atoms with Crippen molar-refractivity contribution in [1.82, 2.24) is 9.78 Å². The van der Waals surface area contributed by atoms with Crippen LogP contribution in [0.4, 0.5) is 18.0 Å². The van der Waals surface area contributed by atoms with E-state index in [1.54, 1.807) is 6.20 Å². The number of alkyl halides is 3. The van der Waals surface area contributed by atoms with Gasteiger partial charge in [0.05, 0.1) is 0 Å². The molecule has 4 nitrogen and oxygen atoms in total. The molecule has 0 spiro atoms. The second-order valence-corrected chi connectivity index (χ2v) is 1.94. The van der Waals surface area contributed by atoms with Crippen molar-refractivity contribution < 1.29 is 18.0 Å². The van der Waals surface area contributed by atoms with Crippen LogP contribution in [0.5, 0.6) is 0 Å². The van der Waals surface area contributed by atoms with Crippen LogP contribution < -0.4 is 5.73 Å². The van der Waals surface area contributed by atoms with Gasteiger partial charge < -0.3 is 5.73 Å². The van der Waals surface area contributed by atoms with Crippen LogP contribution in [0.25, 0.3) is 0 Å². The maximum Gasteiger partial charge on any atom is 0.420 e. The van der Waals surface area contributed by atoms with Gasteiger partial charge in [-0.25, -0.2) is 4.79 Å². The second-order valence-electron chi connectivity index (χ2n) is 1.94. The highest BCUT2D eigenvalue weighted by molar-refractivity contribution is 5.73. The molecule has 2 N–H and O–H groups in total. The molecule has 12 heavy (non-hydrogen) atoms. The standard InChI is InChI=1S/C5H3F3N3O/c6-5(7,8)3-1-10-11(2-3)4(9)12/h2H,(H2,9,12). The van der Waals surface area contributed by atoms with Crippen molar-refractivity contribution in [3.63, 3.8) is 0 Å². The lowest BCUT2D eigenvalue weighted by Crippen LogP contribution is -2.19. The van der Waals surface area contributed by atoms with Crippen LogP contribution in [0, 0.1) is 6.20 Å². The summed E-state index contributed by atoms with van der Waals surface area (Å²) in [6, 6.07) is -1.08. The Morgan fingerprint density at radius 3 is 2.50 bits per heavy atom. The Balaban J connectivity index is 3.00. The average molecular weight is 178 g/mol. The summed E-state index contributed by atoms with van der Waals surface area (Å²) in [6.07, 6.45) is -2.46. The average Bonchev–Trinajstić information content (AvgIpc) is 2.30. The Morgan fingerprint density at radius 1 is 1.67 bits per heavy atom. The third-order valence-corrected chi connectivity index (χ3v) is 1.06. The van der Waals surface area contributed by atoms with Crippen LogP contribution in [0.1, 0.15) is 5.56 Å². The molecular formula is C5H3F3N3O. The van der Waals surface area contributed by atoms with Crippen molar-refractivity contribution in [3.05, 3.63) is 18.0 Å². The number of rotatable bonds is 0. The van der Waals surface area contributed by atoms with Gasteiger partial charge in [-0.05, 0) is 0 Å². The smallest absolute Gasteiger partial charge is 0.350 e. The number of aromatic nitrogens is 2. The number of halogens is 3. The number of hydrogen-bond donors (Lipinski definition) is 1. The van der Waals surface area contributed by atoms with Gasteiger partial charge in [-0.2, -0.15) is 23.0 Å². The molecule has 0 fully saturated rings. The molecule has 0 aromatic carbocycles. The van der Waals surface area contributed by atoms with Crippen LogP contribution in [-0.4, -0.2) is 15.8 Å². The first-order valence-corrected chi connectivity index (χ1v) is 2.75. The van der Waals surface area contributed by atoms with E-state index in [9.17, 15) is 18.0 Å². The quantitative estimate of drug-likeness (QED) is 0.633. The van der Waals surface area contributed by atoms with E-state index < -0.39 is 17.8 Å². The third-order valence-electron chi connectivity index (χ3n) is 1.06. The summed E-state index contributed by atoms with van der Waals surface area (Å²) in [5.41, 5.74) is 3.52. The molecule has 0 bridgehead atoms. The number of primary amides is 1. The number of carbonyl (C=O) groups is 1. The van der Waals surface area contributed by atoms with Crippen molar-refractivity contribution in [2.45, 2.75) is 6.18 Å². The summed E-state index contributed by atoms with van der Waals surface area (Å²) < 4.78 is 35.8. The number of nitrogens with two attached hydrogens (primary N) is 1. The van der Waals surface area contributed by atoms with Crippen molar-refractivity contribution in [1.29, 1.82) is 0 Å². The van der Waals surface area contributed by atoms with E-state index in [1.165, 1.54) is 0 Å². The molecule has 1 radical (unpaired) electrons. The maximum absolute atomic E-state index is 11.8. The highest BCUT2D eigenvalue weighted by Crippen LogP contribution is 2.27. The number of carbonyl (C=O) groups excluding carboxylic acids is 1. The molecule has 0 atom stereocenters. The van der Waals surface area contributed by atoms with Crippen LogP contribution in [0.15, 0.2) is 6.20 Å². The van der Waals surface area contributed by atoms with Crippen LogP contribution in [0.2, 0.25) is 0 Å². The van der Waals surface area contributed by atoms with E-state index in [4.69, 9.17) is 0 Å². The lowest BCUT2D eigenvalue weighted by molar-refractivity contribution is -0.137. The van der Waals surface area contributed by atoms with E-state index in [0.29, 0.717) is 10.9 Å². The third kappa shape index (κ3) is 1.55. The minimum Gasteiger partial charge on any atom is -0.350 e. The largest absolute Gasteiger partial charge is 0.420 e. The summed E-state index contributed by atoms with van der Waals surface area (Å²) in [5, 5.41) is 2.98. The van der Waals surface area contributed by atoms with Gasteiger partial charge in [0.15, 0.2) is 0 Å². The fraction of sp³-hybridized carbons (Fsp3) is 0.200. The summed E-state index contributed by atoms with van der Waals surface area (Å²) in [5.74, 6) is 0. The molecule has 0 saturated heterocycles. The number of nitrogens with zero attached hydrogens (tertiary/aromatic N) is 2. The van der Waals surface area contributed by atoms with Crippen LogP contribution >= 0.6 is 0 Å². The minimum absolute atomic E-state index is 0.364. The summed E-state index contributed by atoms with van der Waals surface area (Å²) in [4.78, 5) is 10.3. The first-order valence-electron chi connectivity index (χ1n) is 2.75. The van der Waals surface area contributed by atoms with Gasteiger partial charge in [-0.3, -0.25) is 0 Å². The van der Waals surface area contributed by atoms with Crippen LogP contribution in [0.3, 0.4) is 0 Å². The van der Waals surface area contributed by atoms with Gasteiger partial charge in [0, 0.05) is 6.20 Å². The minimum atomic E-state index is -4.55. The van der Waals surface area contributed by atoms with E-state index in [1.807, 2.05) is 0 Å². The van der Waals surface area contributed by atoms with E-state index in [-0.39, 0.29) is 0 Å². The van der Waals surface area contributed by atoms with Gasteiger partial charge in [0.25, 0.3) is 0 Å². The predicted octanol–water partition coefficient (Wildman–Crippen LogP) is 0.629. The van der Waals surface area contributed by atoms with Crippen molar-refractivity contribution in [2.24, 2.45) is 5.73 Å². The summed E-state index contributed by atoms with van der Waals surface area (Å²) in [6.45, 7) is 0. The molecule has 0 aliphatic heterocycles. The van der Waals surface area contributed by atoms with Gasteiger partial charge in [-0.1, -0.05) is 0 Å². The highest BCUT2D eigenvalue weighted by Gasteiger charge is 2.33. The second kappa shape index (κ2) is 2.50. The predicted molar refractivity (Wildman–Crippen MR) is 31.0 cm³/mol. The zero-order valence-corrected chi connectivity index (χ0v) is 5.59. The Kier molecular flexibility index (Phi) is 1.79. The molecule has 0 saturated carbocycles. The zero-order valence-electron chi connectivity index (χ0n) is 5.59. The molecule has 0 aliphatic rings. The lowest BCUT2D eigenvalue weighted by Gasteiger charge is -1.99. The molecule has 1 aromatic heterocycles. The normalized spacial score (nSPS) is 11.6. The molecule has 1 rings (SSSR count). The molecule has 1 amide bonds.